The first kappa shape index (κ1) is 24.9. The van der Waals surface area contributed by atoms with Crippen LogP contribution in [0.1, 0.15) is 25.3 Å². The number of aliphatic carboxylic acids is 1. The van der Waals surface area contributed by atoms with E-state index in [1.54, 1.807) is 4.90 Å². The second kappa shape index (κ2) is 11.1. The van der Waals surface area contributed by atoms with E-state index in [0.717, 1.165) is 24.2 Å². The van der Waals surface area contributed by atoms with Crippen LogP contribution in [0.25, 0.3) is 22.3 Å². The first-order valence-corrected chi connectivity index (χ1v) is 12.5. The summed E-state index contributed by atoms with van der Waals surface area (Å²) in [5.74, 6) is 0.930. The molecule has 10 nitrogen and oxygen atoms in total. The lowest BCUT2D eigenvalue weighted by atomic mass is 10.1. The summed E-state index contributed by atoms with van der Waals surface area (Å²) in [6.07, 6.45) is 4.40. The van der Waals surface area contributed by atoms with Crippen LogP contribution < -0.4 is 10.1 Å². The predicted molar refractivity (Wildman–Crippen MR) is 143 cm³/mol. The number of hydrogen-bond donors (Lipinski definition) is 2. The Labute approximate surface area is 219 Å². The average Bonchev–Trinajstić information content (AvgIpc) is 3.34. The maximum atomic E-state index is 12.3. The number of aromatic nitrogens is 4. The number of nitrogens with one attached hydrogen (secondary N) is 1. The number of benzene rings is 2. The Hall–Kier alpha value is -4.73. The third-order valence-electron chi connectivity index (χ3n) is 6.46. The van der Waals surface area contributed by atoms with Gasteiger partial charge >= 0.3 is 5.97 Å². The second-order valence-electron chi connectivity index (χ2n) is 9.01. The molecule has 2 aromatic carbocycles. The van der Waals surface area contributed by atoms with Gasteiger partial charge in [0.2, 0.25) is 5.91 Å². The van der Waals surface area contributed by atoms with Crippen molar-refractivity contribution in [1.29, 1.82) is 0 Å². The fourth-order valence-corrected chi connectivity index (χ4v) is 4.64. The summed E-state index contributed by atoms with van der Waals surface area (Å²) in [7, 11) is 0. The van der Waals surface area contributed by atoms with E-state index in [2.05, 4.69) is 21.9 Å². The van der Waals surface area contributed by atoms with E-state index in [-0.39, 0.29) is 24.9 Å². The van der Waals surface area contributed by atoms with Crippen molar-refractivity contribution in [2.45, 2.75) is 25.3 Å². The lowest BCUT2D eigenvalue weighted by molar-refractivity contribution is -0.136. The van der Waals surface area contributed by atoms with Crippen molar-refractivity contribution in [2.75, 3.05) is 25.0 Å². The van der Waals surface area contributed by atoms with E-state index in [1.807, 2.05) is 59.3 Å². The summed E-state index contributed by atoms with van der Waals surface area (Å²) in [4.78, 5) is 34.1. The number of anilines is 1. The average molecular weight is 513 g/mol. The van der Waals surface area contributed by atoms with Gasteiger partial charge < -0.3 is 20.1 Å². The molecule has 1 fully saturated rings. The van der Waals surface area contributed by atoms with Gasteiger partial charge in [0.1, 0.15) is 29.3 Å². The van der Waals surface area contributed by atoms with Gasteiger partial charge in [-0.3, -0.25) is 9.59 Å². The summed E-state index contributed by atoms with van der Waals surface area (Å²) in [5, 5.41) is 17.9. The molecule has 5 rings (SSSR count). The van der Waals surface area contributed by atoms with E-state index >= 15 is 0 Å². The normalized spacial score (nSPS) is 15.3. The fraction of sp³-hybridized carbons (Fsp3) is 0.250. The summed E-state index contributed by atoms with van der Waals surface area (Å²) >= 11 is 0. The van der Waals surface area contributed by atoms with E-state index in [9.17, 15) is 9.59 Å². The highest BCUT2D eigenvalue weighted by atomic mass is 16.5. The number of carboxylic acid groups (broad SMARTS) is 1. The molecule has 194 valence electrons. The zero-order valence-corrected chi connectivity index (χ0v) is 20.8. The highest BCUT2D eigenvalue weighted by Gasteiger charge is 2.28. The number of ether oxygens (including phenoxy) is 1. The number of carbonyl (C=O) groups is 2. The highest BCUT2D eigenvalue weighted by molar-refractivity contribution is 5.99. The molecule has 3 heterocycles. The van der Waals surface area contributed by atoms with Crippen molar-refractivity contribution in [3.05, 3.63) is 73.6 Å². The zero-order valence-electron chi connectivity index (χ0n) is 20.8. The van der Waals surface area contributed by atoms with Gasteiger partial charge in [0.15, 0.2) is 5.65 Å². The van der Waals surface area contributed by atoms with Gasteiger partial charge in [-0.2, -0.15) is 5.10 Å². The summed E-state index contributed by atoms with van der Waals surface area (Å²) in [6, 6.07) is 17.1. The second-order valence-corrected chi connectivity index (χ2v) is 9.01. The molecule has 1 atom stereocenters. The quantitative estimate of drug-likeness (QED) is 0.314. The van der Waals surface area contributed by atoms with Gasteiger partial charge in [0.05, 0.1) is 17.8 Å². The highest BCUT2D eigenvalue weighted by Crippen LogP contribution is 2.35. The van der Waals surface area contributed by atoms with Crippen LogP contribution in [0.2, 0.25) is 0 Å². The number of hydrogen-bond acceptors (Lipinski definition) is 7. The summed E-state index contributed by atoms with van der Waals surface area (Å²) in [6.45, 7) is 5.00. The zero-order chi connectivity index (χ0) is 26.5. The maximum Gasteiger partial charge on any atom is 0.305 e. The minimum atomic E-state index is -0.901. The molecule has 2 N–H and O–H groups in total. The summed E-state index contributed by atoms with van der Waals surface area (Å²) < 4.78 is 7.80. The van der Waals surface area contributed by atoms with Gasteiger partial charge in [-0.05, 0) is 55.3 Å². The topological polar surface area (TPSA) is 122 Å². The van der Waals surface area contributed by atoms with Crippen LogP contribution in [0.15, 0.2) is 73.6 Å². The number of amides is 1. The molecule has 1 aliphatic rings. The number of rotatable bonds is 9. The van der Waals surface area contributed by atoms with Crippen molar-refractivity contribution in [1.82, 2.24) is 24.6 Å². The lowest BCUT2D eigenvalue weighted by Crippen LogP contribution is -2.40. The molecular weight excluding hydrogens is 484 g/mol. The van der Waals surface area contributed by atoms with Gasteiger partial charge in [-0.15, -0.1) is 0 Å². The van der Waals surface area contributed by atoms with E-state index < -0.39 is 5.97 Å². The Morgan fingerprint density at radius 2 is 1.87 bits per heavy atom. The van der Waals surface area contributed by atoms with Crippen LogP contribution in [-0.2, 0) is 9.59 Å². The van der Waals surface area contributed by atoms with Crippen LogP contribution in [0.5, 0.6) is 11.5 Å². The van der Waals surface area contributed by atoms with Crippen LogP contribution in [-0.4, -0.2) is 61.3 Å². The summed E-state index contributed by atoms with van der Waals surface area (Å²) in [5.41, 5.74) is 2.12. The third kappa shape index (κ3) is 5.34. The minimum absolute atomic E-state index is 0.0538. The van der Waals surface area contributed by atoms with E-state index in [4.69, 9.17) is 14.9 Å². The smallest absolute Gasteiger partial charge is 0.305 e. The molecule has 1 amide bonds. The van der Waals surface area contributed by atoms with Gasteiger partial charge in [-0.1, -0.05) is 24.8 Å². The fourth-order valence-electron chi connectivity index (χ4n) is 4.64. The molecule has 0 unspecified atom stereocenters. The standard InChI is InChI=1S/C28H28N6O4/c1-2-23(35)33-16-6-7-20(17-33)34-28-25(27(30-18-31-28)29-15-14-24(36)37)26(32-34)19-10-12-22(13-11-19)38-21-8-4-3-5-9-21/h2-5,8-13,18,20H,1,6-7,14-17H2,(H,36,37)(H,29,30,31)/t20-/m0/s1. The number of fused-ring (bicyclic) bond motifs is 1. The van der Waals surface area contributed by atoms with E-state index in [1.165, 1.54) is 12.4 Å². The Balaban J connectivity index is 1.53. The number of para-hydroxylation sites is 1. The number of carbonyl (C=O) groups excluding carboxylic acids is 1. The van der Waals surface area contributed by atoms with E-state index in [0.29, 0.717) is 41.4 Å². The Morgan fingerprint density at radius 3 is 2.61 bits per heavy atom. The molecule has 0 radical (unpaired) electrons. The van der Waals surface area contributed by atoms with Crippen molar-refractivity contribution in [2.24, 2.45) is 0 Å². The lowest BCUT2D eigenvalue weighted by Gasteiger charge is -2.32. The van der Waals surface area contributed by atoms with Crippen LogP contribution in [0, 0.1) is 0 Å². The Morgan fingerprint density at radius 1 is 1.11 bits per heavy atom. The van der Waals surface area contributed by atoms with Crippen molar-refractivity contribution >= 4 is 28.7 Å². The van der Waals surface area contributed by atoms with Crippen LogP contribution in [0.3, 0.4) is 0 Å². The third-order valence-corrected chi connectivity index (χ3v) is 6.46. The molecular formula is C28H28N6O4. The first-order valence-electron chi connectivity index (χ1n) is 12.5. The molecule has 2 aromatic heterocycles. The molecule has 1 saturated heterocycles. The van der Waals surface area contributed by atoms with Gasteiger partial charge in [0.25, 0.3) is 0 Å². The molecule has 10 heteroatoms. The molecule has 4 aromatic rings. The van der Waals surface area contributed by atoms with Crippen LogP contribution in [0.4, 0.5) is 5.82 Å². The maximum absolute atomic E-state index is 12.3. The Bertz CT molecular complexity index is 1450. The molecule has 1 aliphatic heterocycles. The molecule has 0 bridgehead atoms. The minimum Gasteiger partial charge on any atom is -0.481 e. The van der Waals surface area contributed by atoms with Gasteiger partial charge in [0, 0.05) is 25.2 Å². The molecule has 0 aliphatic carbocycles. The van der Waals surface area contributed by atoms with Crippen molar-refractivity contribution in [3.8, 4) is 22.8 Å². The molecule has 0 spiro atoms. The van der Waals surface area contributed by atoms with Crippen molar-refractivity contribution in [3.63, 3.8) is 0 Å². The number of nitrogens with zero attached hydrogens (tertiary/aromatic N) is 5. The molecule has 38 heavy (non-hydrogen) atoms. The monoisotopic (exact) mass is 512 g/mol. The van der Waals surface area contributed by atoms with Crippen LogP contribution >= 0.6 is 0 Å². The first-order chi connectivity index (χ1) is 18.5. The SMILES string of the molecule is C=CC(=O)N1CCC[C@H](n2nc(-c3ccc(Oc4ccccc4)cc3)c3c(NCCC(=O)O)ncnc32)C1. The number of carboxylic acids is 1. The molecule has 0 saturated carbocycles. The predicted octanol–water partition coefficient (Wildman–Crippen LogP) is 4.52. The largest absolute Gasteiger partial charge is 0.481 e. The number of likely N-dealkylation sites (tertiary alicyclic amines) is 1. The Kier molecular flexibility index (Phi) is 7.30. The number of piperidine rings is 1. The van der Waals surface area contributed by atoms with Gasteiger partial charge in [-0.25, -0.2) is 14.6 Å². The van der Waals surface area contributed by atoms with Crippen molar-refractivity contribution < 1.29 is 19.4 Å².